The van der Waals surface area contributed by atoms with Crippen molar-refractivity contribution in [2.75, 3.05) is 0 Å². The summed E-state index contributed by atoms with van der Waals surface area (Å²) in [4.78, 5) is 11.7. The molecular formula is C14H15IO2. The summed E-state index contributed by atoms with van der Waals surface area (Å²) in [5.41, 5.74) is 2.80. The van der Waals surface area contributed by atoms with Gasteiger partial charge in [-0.25, -0.2) is 4.79 Å². The summed E-state index contributed by atoms with van der Waals surface area (Å²) >= 11 is 2.29. The number of allylic oxidation sites excluding steroid dienone is 1. The normalized spacial score (nSPS) is 16.8. The van der Waals surface area contributed by atoms with Gasteiger partial charge in [-0.3, -0.25) is 0 Å². The Morgan fingerprint density at radius 1 is 1.35 bits per heavy atom. The van der Waals surface area contributed by atoms with E-state index in [2.05, 4.69) is 29.5 Å². The number of benzene rings is 1. The van der Waals surface area contributed by atoms with Crippen LogP contribution in [-0.4, -0.2) is 5.97 Å². The maximum absolute atomic E-state index is 11.7. The molecule has 90 valence electrons. The van der Waals surface area contributed by atoms with Gasteiger partial charge in [-0.1, -0.05) is 25.0 Å². The highest BCUT2D eigenvalue weighted by Crippen LogP contribution is 2.36. The summed E-state index contributed by atoms with van der Waals surface area (Å²) in [7, 11) is 0. The molecule has 1 aliphatic heterocycles. The summed E-state index contributed by atoms with van der Waals surface area (Å²) < 4.78 is 6.52. The first-order chi connectivity index (χ1) is 8.13. The number of cyclic esters (lactones) is 1. The minimum atomic E-state index is -0.222. The fourth-order valence-corrected chi connectivity index (χ4v) is 2.66. The molecule has 0 aliphatic carbocycles. The van der Waals surface area contributed by atoms with Crippen LogP contribution in [0.4, 0.5) is 0 Å². The fourth-order valence-electron chi connectivity index (χ4n) is 1.87. The van der Waals surface area contributed by atoms with Gasteiger partial charge in [-0.2, -0.15) is 0 Å². The lowest BCUT2D eigenvalue weighted by Gasteiger charge is -2.04. The van der Waals surface area contributed by atoms with Crippen LogP contribution in [0, 0.1) is 6.92 Å². The van der Waals surface area contributed by atoms with Gasteiger partial charge in [0.25, 0.3) is 0 Å². The van der Waals surface area contributed by atoms with Gasteiger partial charge < -0.3 is 4.74 Å². The molecule has 2 rings (SSSR count). The molecule has 0 atom stereocenters. The van der Waals surface area contributed by atoms with Crippen LogP contribution < -0.4 is 0 Å². The molecule has 0 radical (unpaired) electrons. The van der Waals surface area contributed by atoms with Crippen molar-refractivity contribution in [3.63, 3.8) is 0 Å². The van der Waals surface area contributed by atoms with Gasteiger partial charge in [0.05, 0.1) is 5.56 Å². The third-order valence-corrected chi connectivity index (χ3v) is 3.86. The summed E-state index contributed by atoms with van der Waals surface area (Å²) in [5.74, 6) is 0.545. The minimum Gasteiger partial charge on any atom is -0.421 e. The van der Waals surface area contributed by atoms with E-state index in [1.165, 1.54) is 0 Å². The van der Waals surface area contributed by atoms with Crippen molar-refractivity contribution >= 4 is 34.3 Å². The lowest BCUT2D eigenvalue weighted by atomic mass is 10.0. The molecule has 0 amide bonds. The van der Waals surface area contributed by atoms with Gasteiger partial charge in [0.2, 0.25) is 0 Å². The van der Waals surface area contributed by atoms with Crippen LogP contribution in [0.2, 0.25) is 0 Å². The molecule has 0 fully saturated rings. The van der Waals surface area contributed by atoms with Crippen LogP contribution in [0.5, 0.6) is 0 Å². The molecule has 0 spiro atoms. The number of halogens is 1. The number of esters is 1. The van der Waals surface area contributed by atoms with E-state index in [1.54, 1.807) is 0 Å². The second kappa shape index (κ2) is 5.21. The van der Waals surface area contributed by atoms with Crippen LogP contribution in [0.1, 0.15) is 47.7 Å². The predicted octanol–water partition coefficient (Wildman–Crippen LogP) is 4.46. The van der Waals surface area contributed by atoms with Gasteiger partial charge >= 0.3 is 5.97 Å². The van der Waals surface area contributed by atoms with E-state index < -0.39 is 0 Å². The van der Waals surface area contributed by atoms with Gasteiger partial charge in [0, 0.05) is 9.14 Å². The van der Waals surface area contributed by atoms with Crippen LogP contribution in [0.25, 0.3) is 5.76 Å². The lowest BCUT2D eigenvalue weighted by molar-refractivity contribution is 0.0715. The van der Waals surface area contributed by atoms with E-state index in [-0.39, 0.29) is 5.97 Å². The number of ether oxygens (including phenoxy) is 1. The molecule has 1 aromatic rings. The van der Waals surface area contributed by atoms with Gasteiger partial charge in [-0.15, -0.1) is 0 Å². The number of aryl methyl sites for hydroxylation is 1. The number of rotatable bonds is 3. The monoisotopic (exact) mass is 342 g/mol. The highest BCUT2D eigenvalue weighted by Gasteiger charge is 2.28. The zero-order valence-corrected chi connectivity index (χ0v) is 12.2. The number of carbonyl (C=O) groups excluding carboxylic acids is 1. The van der Waals surface area contributed by atoms with Crippen LogP contribution in [-0.2, 0) is 4.74 Å². The van der Waals surface area contributed by atoms with E-state index in [0.717, 1.165) is 39.7 Å². The Morgan fingerprint density at radius 2 is 2.12 bits per heavy atom. The minimum absolute atomic E-state index is 0.222. The Labute approximate surface area is 115 Å². The van der Waals surface area contributed by atoms with Gasteiger partial charge in [0.1, 0.15) is 5.76 Å². The van der Waals surface area contributed by atoms with E-state index in [1.807, 2.05) is 25.1 Å². The Kier molecular flexibility index (Phi) is 3.86. The second-order valence-electron chi connectivity index (χ2n) is 4.28. The maximum atomic E-state index is 11.7. The smallest absolute Gasteiger partial charge is 0.344 e. The third kappa shape index (κ3) is 2.54. The molecule has 0 unspecified atom stereocenters. The van der Waals surface area contributed by atoms with Gasteiger partial charge in [-0.05, 0) is 54.5 Å². The number of hydrogen-bond donors (Lipinski definition) is 0. The largest absolute Gasteiger partial charge is 0.421 e. The summed E-state index contributed by atoms with van der Waals surface area (Å²) in [5, 5.41) is 0. The molecule has 0 saturated heterocycles. The first-order valence-electron chi connectivity index (χ1n) is 5.85. The molecule has 2 nitrogen and oxygen atoms in total. The molecule has 1 aromatic carbocycles. The number of unbranched alkanes of at least 4 members (excludes halogenated alkanes) is 1. The quantitative estimate of drug-likeness (QED) is 0.599. The molecule has 1 aliphatic rings. The Balaban J connectivity index is 2.41. The lowest BCUT2D eigenvalue weighted by Crippen LogP contribution is -1.93. The van der Waals surface area contributed by atoms with Crippen molar-refractivity contribution in [1.82, 2.24) is 0 Å². The first kappa shape index (κ1) is 12.6. The van der Waals surface area contributed by atoms with E-state index in [4.69, 9.17) is 4.74 Å². The molecule has 3 heteroatoms. The Morgan fingerprint density at radius 3 is 2.82 bits per heavy atom. The van der Waals surface area contributed by atoms with Crippen LogP contribution in [0.15, 0.2) is 21.8 Å². The molecule has 0 saturated carbocycles. The molecule has 0 aromatic heterocycles. The molecular weight excluding hydrogens is 327 g/mol. The molecule has 17 heavy (non-hydrogen) atoms. The molecule has 0 N–H and O–H groups in total. The highest BCUT2D eigenvalue weighted by molar-refractivity contribution is 14.1. The average Bonchev–Trinajstić information content (AvgIpc) is 2.63. The van der Waals surface area contributed by atoms with Crippen LogP contribution in [0.3, 0.4) is 0 Å². The molecule has 0 bridgehead atoms. The number of carbonyl (C=O) groups is 1. The standard InChI is InChI=1S/C14H15IO2/c1-3-4-5-12(15)13-11-8-9(2)6-7-10(11)14(16)17-13/h6-8H,3-5H2,1-2H3/b13-12+. The van der Waals surface area contributed by atoms with Crippen molar-refractivity contribution in [2.45, 2.75) is 33.1 Å². The number of hydrogen-bond acceptors (Lipinski definition) is 2. The van der Waals surface area contributed by atoms with Crippen molar-refractivity contribution < 1.29 is 9.53 Å². The van der Waals surface area contributed by atoms with Crippen molar-refractivity contribution in [2.24, 2.45) is 0 Å². The maximum Gasteiger partial charge on any atom is 0.344 e. The van der Waals surface area contributed by atoms with Crippen LogP contribution >= 0.6 is 22.6 Å². The summed E-state index contributed by atoms with van der Waals surface area (Å²) in [6.45, 7) is 4.19. The predicted molar refractivity (Wildman–Crippen MR) is 77.1 cm³/mol. The van der Waals surface area contributed by atoms with Gasteiger partial charge in [0.15, 0.2) is 0 Å². The average molecular weight is 342 g/mol. The first-order valence-corrected chi connectivity index (χ1v) is 6.93. The van der Waals surface area contributed by atoms with Crippen molar-refractivity contribution in [1.29, 1.82) is 0 Å². The topological polar surface area (TPSA) is 26.3 Å². The molecule has 1 heterocycles. The third-order valence-electron chi connectivity index (χ3n) is 2.83. The Bertz CT molecular complexity index is 489. The number of fused-ring (bicyclic) bond motifs is 1. The Hall–Kier alpha value is -0.840. The van der Waals surface area contributed by atoms with E-state index in [0.29, 0.717) is 5.56 Å². The SMILES string of the molecule is CCCC/C(I)=C1\OC(=O)c2ccc(C)cc21. The zero-order chi connectivity index (χ0) is 12.4. The fraction of sp³-hybridized carbons (Fsp3) is 0.357. The van der Waals surface area contributed by atoms with E-state index >= 15 is 0 Å². The summed E-state index contributed by atoms with van der Waals surface area (Å²) in [6.07, 6.45) is 3.25. The highest BCUT2D eigenvalue weighted by atomic mass is 127. The summed E-state index contributed by atoms with van der Waals surface area (Å²) in [6, 6.07) is 5.83. The van der Waals surface area contributed by atoms with E-state index in [9.17, 15) is 4.79 Å². The van der Waals surface area contributed by atoms with Crippen molar-refractivity contribution in [3.05, 3.63) is 38.5 Å². The zero-order valence-electron chi connectivity index (χ0n) is 10.0. The van der Waals surface area contributed by atoms with Crippen molar-refractivity contribution in [3.8, 4) is 0 Å². The second-order valence-corrected chi connectivity index (χ2v) is 5.58.